The van der Waals surface area contributed by atoms with E-state index in [1.54, 1.807) is 0 Å². The van der Waals surface area contributed by atoms with Gasteiger partial charge in [0, 0.05) is 31.3 Å². The second kappa shape index (κ2) is 7.46. The molecule has 0 radical (unpaired) electrons. The molecule has 1 heterocycles. The van der Waals surface area contributed by atoms with Gasteiger partial charge in [0.15, 0.2) is 0 Å². The smallest absolute Gasteiger partial charge is 0.0480 e. The Kier molecular flexibility index (Phi) is 5.93. The minimum atomic E-state index is 0.756. The highest BCUT2D eigenvalue weighted by molar-refractivity contribution is 4.86. The Labute approximate surface area is 112 Å². The first kappa shape index (κ1) is 14.3. The van der Waals surface area contributed by atoms with Gasteiger partial charge >= 0.3 is 0 Å². The van der Waals surface area contributed by atoms with Gasteiger partial charge in [0.25, 0.3) is 0 Å². The normalized spacial score (nSPS) is 30.8. The quantitative estimate of drug-likeness (QED) is 0.815. The molecule has 106 valence electrons. The van der Waals surface area contributed by atoms with Gasteiger partial charge in [-0.05, 0) is 52.1 Å². The fourth-order valence-electron chi connectivity index (χ4n) is 3.46. The van der Waals surface area contributed by atoms with Gasteiger partial charge in [0.2, 0.25) is 0 Å². The van der Waals surface area contributed by atoms with Crippen LogP contribution in [-0.4, -0.2) is 49.8 Å². The van der Waals surface area contributed by atoms with Crippen molar-refractivity contribution in [3.8, 4) is 0 Å². The topological polar surface area (TPSA) is 24.5 Å². The van der Waals surface area contributed by atoms with E-state index in [4.69, 9.17) is 4.74 Å². The lowest BCUT2D eigenvalue weighted by molar-refractivity contribution is 0.0194. The van der Waals surface area contributed by atoms with E-state index in [0.29, 0.717) is 0 Å². The van der Waals surface area contributed by atoms with Crippen LogP contribution in [0.4, 0.5) is 0 Å². The highest BCUT2D eigenvalue weighted by Crippen LogP contribution is 2.26. The molecule has 2 unspecified atom stereocenters. The van der Waals surface area contributed by atoms with Crippen LogP contribution in [0.15, 0.2) is 0 Å². The largest absolute Gasteiger partial charge is 0.381 e. The van der Waals surface area contributed by atoms with Crippen molar-refractivity contribution >= 4 is 0 Å². The summed E-state index contributed by atoms with van der Waals surface area (Å²) in [6.45, 7) is 5.35. The summed E-state index contributed by atoms with van der Waals surface area (Å²) in [7, 11) is 2.34. The molecule has 2 rings (SSSR count). The zero-order chi connectivity index (χ0) is 12.8. The molecule has 2 aliphatic rings. The zero-order valence-electron chi connectivity index (χ0n) is 12.2. The number of nitrogens with one attached hydrogen (secondary N) is 1. The third-order valence-corrected chi connectivity index (χ3v) is 4.67. The van der Waals surface area contributed by atoms with Crippen molar-refractivity contribution < 1.29 is 4.74 Å². The molecule has 1 aliphatic carbocycles. The summed E-state index contributed by atoms with van der Waals surface area (Å²) in [6, 6.07) is 2.30. The van der Waals surface area contributed by atoms with E-state index >= 15 is 0 Å². The SMILES string of the molecule is CCCNC1CCCC(N(C)C2CCOCC2)C1. The van der Waals surface area contributed by atoms with Crippen LogP contribution in [0.25, 0.3) is 0 Å². The lowest BCUT2D eigenvalue weighted by atomic mass is 9.88. The van der Waals surface area contributed by atoms with Crippen LogP contribution in [0.5, 0.6) is 0 Å². The summed E-state index contributed by atoms with van der Waals surface area (Å²) in [6.07, 6.45) is 9.18. The number of hydrogen-bond donors (Lipinski definition) is 1. The highest BCUT2D eigenvalue weighted by atomic mass is 16.5. The van der Waals surface area contributed by atoms with E-state index < -0.39 is 0 Å². The molecule has 0 aromatic rings. The molecule has 1 N–H and O–H groups in total. The maximum atomic E-state index is 5.47. The van der Waals surface area contributed by atoms with Crippen molar-refractivity contribution in [2.45, 2.75) is 70.0 Å². The first-order chi connectivity index (χ1) is 8.81. The van der Waals surface area contributed by atoms with Gasteiger partial charge < -0.3 is 15.0 Å². The molecular formula is C15H30N2O. The van der Waals surface area contributed by atoms with E-state index in [1.165, 1.54) is 51.5 Å². The average Bonchev–Trinajstić information content (AvgIpc) is 2.45. The monoisotopic (exact) mass is 254 g/mol. The van der Waals surface area contributed by atoms with Crippen molar-refractivity contribution in [3.63, 3.8) is 0 Å². The number of hydrogen-bond acceptors (Lipinski definition) is 3. The molecule has 1 saturated carbocycles. The van der Waals surface area contributed by atoms with Crippen molar-refractivity contribution in [1.29, 1.82) is 0 Å². The molecule has 1 aliphatic heterocycles. The summed E-state index contributed by atoms with van der Waals surface area (Å²) in [4.78, 5) is 2.66. The molecule has 2 atom stereocenters. The third kappa shape index (κ3) is 3.94. The van der Waals surface area contributed by atoms with Crippen molar-refractivity contribution in [3.05, 3.63) is 0 Å². The van der Waals surface area contributed by atoms with E-state index in [2.05, 4.69) is 24.2 Å². The van der Waals surface area contributed by atoms with Gasteiger partial charge in [-0.1, -0.05) is 13.3 Å². The Morgan fingerprint density at radius 2 is 1.89 bits per heavy atom. The average molecular weight is 254 g/mol. The molecule has 18 heavy (non-hydrogen) atoms. The van der Waals surface area contributed by atoms with E-state index in [9.17, 15) is 0 Å². The van der Waals surface area contributed by atoms with Crippen LogP contribution < -0.4 is 5.32 Å². The molecule has 3 heteroatoms. The first-order valence-electron chi connectivity index (χ1n) is 7.84. The van der Waals surface area contributed by atoms with Crippen LogP contribution in [0, 0.1) is 0 Å². The molecule has 1 saturated heterocycles. The van der Waals surface area contributed by atoms with Crippen LogP contribution in [0.2, 0.25) is 0 Å². The maximum Gasteiger partial charge on any atom is 0.0480 e. The number of ether oxygens (including phenoxy) is 1. The Morgan fingerprint density at radius 3 is 2.61 bits per heavy atom. The van der Waals surface area contributed by atoms with E-state index in [-0.39, 0.29) is 0 Å². The van der Waals surface area contributed by atoms with Gasteiger partial charge in [-0.3, -0.25) is 0 Å². The minimum absolute atomic E-state index is 0.756. The summed E-state index contributed by atoms with van der Waals surface area (Å²) in [5.74, 6) is 0. The van der Waals surface area contributed by atoms with Crippen molar-refractivity contribution in [2.75, 3.05) is 26.8 Å². The highest BCUT2D eigenvalue weighted by Gasteiger charge is 2.29. The fourth-order valence-corrected chi connectivity index (χ4v) is 3.46. The summed E-state index contributed by atoms with van der Waals surface area (Å²) < 4.78 is 5.47. The number of rotatable bonds is 5. The molecule has 0 aromatic carbocycles. The second-order valence-electron chi connectivity index (χ2n) is 5.98. The molecule has 0 aromatic heterocycles. The van der Waals surface area contributed by atoms with Gasteiger partial charge in [-0.2, -0.15) is 0 Å². The number of nitrogens with zero attached hydrogens (tertiary/aromatic N) is 1. The van der Waals surface area contributed by atoms with Gasteiger partial charge in [0.1, 0.15) is 0 Å². The van der Waals surface area contributed by atoms with E-state index in [0.717, 1.165) is 31.3 Å². The molecule has 0 spiro atoms. The van der Waals surface area contributed by atoms with Crippen LogP contribution >= 0.6 is 0 Å². The molecule has 0 amide bonds. The lowest BCUT2D eigenvalue weighted by Crippen LogP contribution is -2.48. The van der Waals surface area contributed by atoms with Gasteiger partial charge in [-0.15, -0.1) is 0 Å². The summed E-state index contributed by atoms with van der Waals surface area (Å²) in [5, 5.41) is 3.71. The van der Waals surface area contributed by atoms with Crippen molar-refractivity contribution in [1.82, 2.24) is 10.2 Å². The lowest BCUT2D eigenvalue weighted by Gasteiger charge is -2.41. The second-order valence-corrected chi connectivity index (χ2v) is 5.98. The summed E-state index contributed by atoms with van der Waals surface area (Å²) in [5.41, 5.74) is 0. The Balaban J connectivity index is 1.79. The van der Waals surface area contributed by atoms with Crippen molar-refractivity contribution in [2.24, 2.45) is 0 Å². The third-order valence-electron chi connectivity index (χ3n) is 4.67. The Hall–Kier alpha value is -0.120. The molecule has 0 bridgehead atoms. The van der Waals surface area contributed by atoms with Crippen LogP contribution in [0.1, 0.15) is 51.9 Å². The van der Waals surface area contributed by atoms with Crippen LogP contribution in [-0.2, 0) is 4.74 Å². The van der Waals surface area contributed by atoms with Crippen LogP contribution in [0.3, 0.4) is 0 Å². The first-order valence-corrected chi connectivity index (χ1v) is 7.84. The fraction of sp³-hybridized carbons (Fsp3) is 1.00. The Morgan fingerprint density at radius 1 is 1.11 bits per heavy atom. The molecular weight excluding hydrogens is 224 g/mol. The summed E-state index contributed by atoms with van der Waals surface area (Å²) >= 11 is 0. The molecule has 2 fully saturated rings. The standard InChI is InChI=1S/C15H30N2O/c1-3-9-16-13-5-4-6-15(12-13)17(2)14-7-10-18-11-8-14/h13-16H,3-12H2,1-2H3. The predicted octanol–water partition coefficient (Wildman–Crippen LogP) is 2.41. The minimum Gasteiger partial charge on any atom is -0.381 e. The van der Waals surface area contributed by atoms with Gasteiger partial charge in [0.05, 0.1) is 0 Å². The predicted molar refractivity (Wildman–Crippen MR) is 75.9 cm³/mol. The maximum absolute atomic E-state index is 5.47. The van der Waals surface area contributed by atoms with Gasteiger partial charge in [-0.25, -0.2) is 0 Å². The zero-order valence-corrected chi connectivity index (χ0v) is 12.2. The Bertz CT molecular complexity index is 229. The van der Waals surface area contributed by atoms with E-state index in [1.807, 2.05) is 0 Å². The molecule has 3 nitrogen and oxygen atoms in total.